The molecule has 0 aliphatic carbocycles. The standard InChI is InChI=1S/C14H25N3O2.ClH/c15-13(18)6-5-11-3-2-8-17(10-11)14(19)12-4-1-7-16-9-12;/h11-12,16H,1-10H2,(H2,15,18);1H. The summed E-state index contributed by atoms with van der Waals surface area (Å²) in [6.45, 7) is 3.54. The molecule has 0 aromatic carbocycles. The Bertz CT molecular complexity index is 332. The largest absolute Gasteiger partial charge is 0.370 e. The number of rotatable bonds is 4. The summed E-state index contributed by atoms with van der Waals surface area (Å²) in [7, 11) is 0. The second-order valence-corrected chi connectivity index (χ2v) is 5.84. The number of nitrogens with two attached hydrogens (primary N) is 1. The predicted molar refractivity (Wildman–Crippen MR) is 80.6 cm³/mol. The molecule has 2 unspecified atom stereocenters. The number of carbonyl (C=O) groups is 2. The van der Waals surface area contributed by atoms with Gasteiger partial charge in [-0.25, -0.2) is 0 Å². The molecule has 2 amide bonds. The van der Waals surface area contributed by atoms with E-state index in [0.29, 0.717) is 18.2 Å². The van der Waals surface area contributed by atoms with Crippen LogP contribution in [0.15, 0.2) is 0 Å². The van der Waals surface area contributed by atoms with Gasteiger partial charge in [-0.3, -0.25) is 9.59 Å². The molecular formula is C14H26ClN3O2. The quantitative estimate of drug-likeness (QED) is 0.810. The second-order valence-electron chi connectivity index (χ2n) is 5.84. The number of likely N-dealkylation sites (tertiary alicyclic amines) is 1. The first-order valence-electron chi connectivity index (χ1n) is 7.44. The van der Waals surface area contributed by atoms with Crippen LogP contribution < -0.4 is 11.1 Å². The monoisotopic (exact) mass is 303 g/mol. The van der Waals surface area contributed by atoms with E-state index in [4.69, 9.17) is 5.73 Å². The van der Waals surface area contributed by atoms with Crippen molar-refractivity contribution in [1.82, 2.24) is 10.2 Å². The molecule has 2 saturated heterocycles. The fourth-order valence-electron chi connectivity index (χ4n) is 3.17. The predicted octanol–water partition coefficient (Wildman–Crippen LogP) is 0.912. The van der Waals surface area contributed by atoms with E-state index in [0.717, 1.165) is 58.3 Å². The van der Waals surface area contributed by atoms with Gasteiger partial charge in [0, 0.05) is 26.1 Å². The third-order valence-electron chi connectivity index (χ3n) is 4.28. The van der Waals surface area contributed by atoms with E-state index in [9.17, 15) is 9.59 Å². The molecule has 20 heavy (non-hydrogen) atoms. The molecule has 2 fully saturated rings. The van der Waals surface area contributed by atoms with Crippen LogP contribution in [-0.2, 0) is 9.59 Å². The minimum atomic E-state index is -0.236. The van der Waals surface area contributed by atoms with Crippen LogP contribution in [0.5, 0.6) is 0 Å². The Balaban J connectivity index is 0.00000200. The maximum atomic E-state index is 12.4. The molecule has 2 atom stereocenters. The van der Waals surface area contributed by atoms with Crippen molar-refractivity contribution in [3.63, 3.8) is 0 Å². The van der Waals surface area contributed by atoms with Gasteiger partial charge in [-0.2, -0.15) is 0 Å². The average Bonchev–Trinajstić information content (AvgIpc) is 2.45. The van der Waals surface area contributed by atoms with Crippen molar-refractivity contribution in [2.24, 2.45) is 17.6 Å². The number of hydrogen-bond acceptors (Lipinski definition) is 3. The Kier molecular flexibility index (Phi) is 7.30. The summed E-state index contributed by atoms with van der Waals surface area (Å²) in [6.07, 6.45) is 5.53. The van der Waals surface area contributed by atoms with Gasteiger partial charge in [-0.05, 0) is 44.6 Å². The van der Waals surface area contributed by atoms with Crippen LogP contribution in [0.25, 0.3) is 0 Å². The lowest BCUT2D eigenvalue weighted by Crippen LogP contribution is -2.47. The van der Waals surface area contributed by atoms with Crippen LogP contribution in [-0.4, -0.2) is 42.9 Å². The molecule has 0 aromatic heterocycles. The van der Waals surface area contributed by atoms with Crippen LogP contribution in [0.2, 0.25) is 0 Å². The molecule has 2 aliphatic heterocycles. The van der Waals surface area contributed by atoms with Crippen LogP contribution in [0.3, 0.4) is 0 Å². The number of primary amides is 1. The van der Waals surface area contributed by atoms with Gasteiger partial charge in [0.2, 0.25) is 11.8 Å². The van der Waals surface area contributed by atoms with Gasteiger partial charge in [0.1, 0.15) is 0 Å². The molecule has 0 bridgehead atoms. The second kappa shape index (κ2) is 8.47. The summed E-state index contributed by atoms with van der Waals surface area (Å²) in [5, 5.41) is 3.30. The normalized spacial score (nSPS) is 26.7. The van der Waals surface area contributed by atoms with E-state index in [1.54, 1.807) is 0 Å². The lowest BCUT2D eigenvalue weighted by atomic mass is 9.91. The Labute approximate surface area is 127 Å². The van der Waals surface area contributed by atoms with Crippen molar-refractivity contribution in [3.05, 3.63) is 0 Å². The van der Waals surface area contributed by atoms with E-state index in [1.165, 1.54) is 0 Å². The molecule has 5 nitrogen and oxygen atoms in total. The van der Waals surface area contributed by atoms with Crippen molar-refractivity contribution >= 4 is 24.2 Å². The Morgan fingerprint density at radius 1 is 1.25 bits per heavy atom. The highest BCUT2D eigenvalue weighted by Gasteiger charge is 2.29. The fourth-order valence-corrected chi connectivity index (χ4v) is 3.17. The van der Waals surface area contributed by atoms with Crippen molar-refractivity contribution < 1.29 is 9.59 Å². The zero-order valence-corrected chi connectivity index (χ0v) is 12.8. The lowest BCUT2D eigenvalue weighted by molar-refractivity contribution is -0.138. The maximum Gasteiger partial charge on any atom is 0.226 e. The number of amides is 2. The van der Waals surface area contributed by atoms with Gasteiger partial charge in [0.05, 0.1) is 5.92 Å². The minimum Gasteiger partial charge on any atom is -0.370 e. The Morgan fingerprint density at radius 3 is 2.70 bits per heavy atom. The third-order valence-corrected chi connectivity index (χ3v) is 4.28. The van der Waals surface area contributed by atoms with Crippen molar-refractivity contribution in [2.75, 3.05) is 26.2 Å². The average molecular weight is 304 g/mol. The molecule has 3 N–H and O–H groups in total. The molecule has 116 valence electrons. The number of piperidine rings is 2. The van der Waals surface area contributed by atoms with Gasteiger partial charge >= 0.3 is 0 Å². The topological polar surface area (TPSA) is 75.4 Å². The molecule has 0 aromatic rings. The summed E-state index contributed by atoms with van der Waals surface area (Å²) < 4.78 is 0. The van der Waals surface area contributed by atoms with Gasteiger partial charge < -0.3 is 16.0 Å². The molecule has 0 saturated carbocycles. The number of nitrogens with one attached hydrogen (secondary N) is 1. The van der Waals surface area contributed by atoms with E-state index in [1.807, 2.05) is 4.90 Å². The first kappa shape index (κ1) is 17.2. The third kappa shape index (κ3) is 4.94. The van der Waals surface area contributed by atoms with Crippen LogP contribution in [0, 0.1) is 11.8 Å². The highest BCUT2D eigenvalue weighted by molar-refractivity contribution is 5.85. The van der Waals surface area contributed by atoms with Crippen LogP contribution >= 0.6 is 12.4 Å². The summed E-state index contributed by atoms with van der Waals surface area (Å²) in [5.74, 6) is 0.668. The zero-order valence-electron chi connectivity index (χ0n) is 12.0. The Morgan fingerprint density at radius 2 is 2.05 bits per heavy atom. The molecule has 2 heterocycles. The SMILES string of the molecule is Cl.NC(=O)CCC1CCCN(C(=O)C2CCCNC2)C1. The maximum absolute atomic E-state index is 12.4. The first-order valence-corrected chi connectivity index (χ1v) is 7.44. The van der Waals surface area contributed by atoms with Gasteiger partial charge in [0.15, 0.2) is 0 Å². The smallest absolute Gasteiger partial charge is 0.226 e. The highest BCUT2D eigenvalue weighted by Crippen LogP contribution is 2.23. The lowest BCUT2D eigenvalue weighted by Gasteiger charge is -2.36. The number of halogens is 1. The minimum absolute atomic E-state index is 0. The summed E-state index contributed by atoms with van der Waals surface area (Å²) in [4.78, 5) is 25.3. The molecule has 6 heteroatoms. The molecular weight excluding hydrogens is 278 g/mol. The first-order chi connectivity index (χ1) is 9.16. The molecule has 0 spiro atoms. The van der Waals surface area contributed by atoms with Crippen LogP contribution in [0.4, 0.5) is 0 Å². The number of nitrogens with zero attached hydrogens (tertiary/aromatic N) is 1. The van der Waals surface area contributed by atoms with Crippen LogP contribution in [0.1, 0.15) is 38.5 Å². The summed E-state index contributed by atoms with van der Waals surface area (Å²) >= 11 is 0. The van der Waals surface area contributed by atoms with E-state index >= 15 is 0 Å². The van der Waals surface area contributed by atoms with Crippen molar-refractivity contribution in [2.45, 2.75) is 38.5 Å². The van der Waals surface area contributed by atoms with Gasteiger partial charge in [0.25, 0.3) is 0 Å². The summed E-state index contributed by atoms with van der Waals surface area (Å²) in [6, 6.07) is 0. The van der Waals surface area contributed by atoms with E-state index in [-0.39, 0.29) is 24.2 Å². The van der Waals surface area contributed by atoms with Gasteiger partial charge in [-0.1, -0.05) is 0 Å². The summed E-state index contributed by atoms with van der Waals surface area (Å²) in [5.41, 5.74) is 5.19. The molecule has 0 radical (unpaired) electrons. The van der Waals surface area contributed by atoms with Gasteiger partial charge in [-0.15, -0.1) is 12.4 Å². The molecule has 2 aliphatic rings. The fraction of sp³-hybridized carbons (Fsp3) is 0.857. The van der Waals surface area contributed by atoms with E-state index < -0.39 is 0 Å². The molecule has 2 rings (SSSR count). The number of hydrogen-bond donors (Lipinski definition) is 2. The highest BCUT2D eigenvalue weighted by atomic mass is 35.5. The van der Waals surface area contributed by atoms with E-state index in [2.05, 4.69) is 5.32 Å². The Hall–Kier alpha value is -0.810. The zero-order chi connectivity index (χ0) is 13.7. The van der Waals surface area contributed by atoms with Crippen molar-refractivity contribution in [1.29, 1.82) is 0 Å². The number of carbonyl (C=O) groups excluding carboxylic acids is 2. The van der Waals surface area contributed by atoms with Crippen molar-refractivity contribution in [3.8, 4) is 0 Å².